The molecule has 120 valence electrons. The average molecular weight is 328 g/mol. The smallest absolute Gasteiger partial charge is 0.274 e. The molecule has 2 heterocycles. The molecule has 4 nitrogen and oxygen atoms in total. The molecule has 3 rings (SSSR count). The number of pyridine rings is 1. The molecule has 0 aliphatic carbocycles. The maximum Gasteiger partial charge on any atom is 0.274 e. The van der Waals surface area contributed by atoms with E-state index in [9.17, 15) is 4.79 Å². The molecule has 0 radical (unpaired) electrons. The zero-order valence-corrected chi connectivity index (χ0v) is 14.2. The van der Waals surface area contributed by atoms with Gasteiger partial charge >= 0.3 is 0 Å². The van der Waals surface area contributed by atoms with Crippen LogP contribution in [0.15, 0.2) is 53.6 Å². The number of carbonyl (C=O) groups is 1. The number of hydrogen-bond donors (Lipinski definition) is 0. The number of piperazine rings is 1. The molecule has 1 aromatic heterocycles. The number of aromatic nitrogens is 1. The van der Waals surface area contributed by atoms with Crippen molar-refractivity contribution in [2.45, 2.75) is 11.8 Å². The lowest BCUT2D eigenvalue weighted by atomic mass is 10.2. The van der Waals surface area contributed by atoms with E-state index in [1.54, 1.807) is 11.8 Å². The predicted octanol–water partition coefficient (Wildman–Crippen LogP) is 2.25. The number of aromatic amines is 1. The lowest BCUT2D eigenvalue weighted by Gasteiger charge is -2.30. The summed E-state index contributed by atoms with van der Waals surface area (Å²) in [5, 5.41) is 0. The average Bonchev–Trinajstić information content (AvgIpc) is 2.62. The Morgan fingerprint density at radius 3 is 2.48 bits per heavy atom. The Bertz CT molecular complexity index is 637. The maximum atomic E-state index is 12.4. The Morgan fingerprint density at radius 1 is 1.09 bits per heavy atom. The normalized spacial score (nSPS) is 14.8. The number of rotatable bonds is 4. The molecular formula is C18H22N3OS+. The molecule has 1 aromatic carbocycles. The highest BCUT2D eigenvalue weighted by molar-refractivity contribution is 8.00. The predicted molar refractivity (Wildman–Crippen MR) is 93.7 cm³/mol. The van der Waals surface area contributed by atoms with Crippen molar-refractivity contribution in [1.29, 1.82) is 0 Å². The molecule has 1 saturated heterocycles. The van der Waals surface area contributed by atoms with Crippen LogP contribution in [0.2, 0.25) is 0 Å². The van der Waals surface area contributed by atoms with Crippen molar-refractivity contribution < 1.29 is 9.78 Å². The molecule has 2 aromatic rings. The summed E-state index contributed by atoms with van der Waals surface area (Å²) in [6.07, 6.45) is 1.94. The topological polar surface area (TPSA) is 37.7 Å². The lowest BCUT2D eigenvalue weighted by Crippen LogP contribution is -2.50. The summed E-state index contributed by atoms with van der Waals surface area (Å²) in [6, 6.07) is 14.4. The van der Waals surface area contributed by atoms with Gasteiger partial charge in [0.15, 0.2) is 0 Å². The van der Waals surface area contributed by atoms with Gasteiger partial charge in [0.05, 0.1) is 25.0 Å². The summed E-state index contributed by atoms with van der Waals surface area (Å²) in [5.74, 6) is 1.86. The van der Waals surface area contributed by atoms with Gasteiger partial charge in [0, 0.05) is 11.0 Å². The van der Waals surface area contributed by atoms with Crippen molar-refractivity contribution in [2.24, 2.45) is 0 Å². The van der Waals surface area contributed by atoms with Crippen molar-refractivity contribution in [3.05, 3.63) is 54.2 Å². The van der Waals surface area contributed by atoms with Gasteiger partial charge in [-0.2, -0.15) is 0 Å². The third-order valence-corrected chi connectivity index (χ3v) is 5.05. The maximum absolute atomic E-state index is 12.4. The molecule has 23 heavy (non-hydrogen) atoms. The van der Waals surface area contributed by atoms with Crippen LogP contribution in [0.4, 0.5) is 5.82 Å². The number of anilines is 1. The largest absolute Gasteiger partial charge is 0.334 e. The van der Waals surface area contributed by atoms with Gasteiger partial charge in [-0.25, -0.2) is 4.98 Å². The number of nitrogens with one attached hydrogen (secondary N) is 1. The summed E-state index contributed by atoms with van der Waals surface area (Å²) in [5.41, 5.74) is 1.24. The van der Waals surface area contributed by atoms with Crippen molar-refractivity contribution >= 4 is 23.5 Å². The molecular weight excluding hydrogens is 306 g/mol. The van der Waals surface area contributed by atoms with Crippen LogP contribution in [0, 0.1) is 6.92 Å². The number of thioether (sulfide) groups is 1. The van der Waals surface area contributed by atoms with Crippen LogP contribution in [0.3, 0.4) is 0 Å². The molecule has 0 saturated carbocycles. The Kier molecular flexibility index (Phi) is 5.18. The van der Waals surface area contributed by atoms with E-state index in [4.69, 9.17) is 0 Å². The first-order chi connectivity index (χ1) is 11.2. The van der Waals surface area contributed by atoms with Crippen molar-refractivity contribution in [1.82, 2.24) is 4.90 Å². The first kappa shape index (κ1) is 15.9. The van der Waals surface area contributed by atoms with E-state index >= 15 is 0 Å². The molecule has 1 N–H and O–H groups in total. The van der Waals surface area contributed by atoms with E-state index in [0.29, 0.717) is 5.75 Å². The fraction of sp³-hybridized carbons (Fsp3) is 0.333. The van der Waals surface area contributed by atoms with Crippen molar-refractivity contribution in [3.8, 4) is 0 Å². The number of benzene rings is 1. The second-order valence-corrected chi connectivity index (χ2v) is 6.77. The van der Waals surface area contributed by atoms with Crippen molar-refractivity contribution in [3.63, 3.8) is 0 Å². The first-order valence-corrected chi connectivity index (χ1v) is 8.90. The van der Waals surface area contributed by atoms with Crippen LogP contribution in [0.5, 0.6) is 0 Å². The lowest BCUT2D eigenvalue weighted by molar-refractivity contribution is -0.364. The van der Waals surface area contributed by atoms with Gasteiger partial charge in [0.25, 0.3) is 5.82 Å². The number of H-pyrrole nitrogens is 1. The number of aryl methyl sites for hydroxylation is 1. The number of hydrogen-bond acceptors (Lipinski definition) is 3. The van der Waals surface area contributed by atoms with Crippen LogP contribution in [0.25, 0.3) is 0 Å². The molecule has 0 unspecified atom stereocenters. The van der Waals surface area contributed by atoms with E-state index in [2.05, 4.69) is 47.1 Å². The van der Waals surface area contributed by atoms with Gasteiger partial charge < -0.3 is 4.90 Å². The van der Waals surface area contributed by atoms with Crippen molar-refractivity contribution in [2.75, 3.05) is 36.8 Å². The highest BCUT2D eigenvalue weighted by Crippen LogP contribution is 2.19. The minimum atomic E-state index is 0.229. The third-order valence-electron chi connectivity index (χ3n) is 4.05. The summed E-state index contributed by atoms with van der Waals surface area (Å²) < 4.78 is 0. The van der Waals surface area contributed by atoms with E-state index in [-0.39, 0.29) is 5.91 Å². The molecule has 0 spiro atoms. The van der Waals surface area contributed by atoms with E-state index in [1.807, 2.05) is 23.2 Å². The van der Waals surface area contributed by atoms with Gasteiger partial charge in [-0.3, -0.25) is 9.69 Å². The second-order valence-electron chi connectivity index (χ2n) is 5.72. The van der Waals surface area contributed by atoms with Crippen LogP contribution in [-0.4, -0.2) is 42.7 Å². The zero-order chi connectivity index (χ0) is 16.1. The minimum absolute atomic E-state index is 0.229. The van der Waals surface area contributed by atoms with Crippen LogP contribution < -0.4 is 9.88 Å². The molecule has 0 bridgehead atoms. The summed E-state index contributed by atoms with van der Waals surface area (Å²) in [4.78, 5) is 21.0. The SMILES string of the molecule is Cc1ccc(SCC(=O)N2CCN(c3cccc[nH+]3)CC2)cc1. The number of amides is 1. The fourth-order valence-corrected chi connectivity index (χ4v) is 3.45. The van der Waals surface area contributed by atoms with Gasteiger partial charge in [0.2, 0.25) is 5.91 Å². The third kappa shape index (κ3) is 4.26. The van der Waals surface area contributed by atoms with Crippen LogP contribution in [0.1, 0.15) is 5.56 Å². The Morgan fingerprint density at radius 2 is 1.83 bits per heavy atom. The highest BCUT2D eigenvalue weighted by atomic mass is 32.2. The first-order valence-electron chi connectivity index (χ1n) is 7.91. The monoisotopic (exact) mass is 328 g/mol. The van der Waals surface area contributed by atoms with Gasteiger partial charge in [-0.15, -0.1) is 11.8 Å². The highest BCUT2D eigenvalue weighted by Gasteiger charge is 2.25. The fourth-order valence-electron chi connectivity index (χ4n) is 2.65. The van der Waals surface area contributed by atoms with E-state index < -0.39 is 0 Å². The van der Waals surface area contributed by atoms with E-state index in [1.165, 1.54) is 5.56 Å². The quantitative estimate of drug-likeness (QED) is 0.808. The molecule has 1 fully saturated rings. The summed E-state index contributed by atoms with van der Waals surface area (Å²) in [6.45, 7) is 5.40. The summed E-state index contributed by atoms with van der Waals surface area (Å²) in [7, 11) is 0. The van der Waals surface area contributed by atoms with Gasteiger partial charge in [-0.1, -0.05) is 23.8 Å². The van der Waals surface area contributed by atoms with Crippen LogP contribution in [-0.2, 0) is 4.79 Å². The van der Waals surface area contributed by atoms with Gasteiger partial charge in [0.1, 0.15) is 13.1 Å². The molecule has 1 aliphatic heterocycles. The Labute approximate surface area is 141 Å². The standard InChI is InChI=1S/C18H21N3OS/c1-15-5-7-16(8-6-15)23-14-18(22)21-12-10-20(11-13-21)17-4-2-3-9-19-17/h2-9H,10-14H2,1H3/p+1. The molecule has 5 heteroatoms. The Hall–Kier alpha value is -2.01. The summed E-state index contributed by atoms with van der Waals surface area (Å²) >= 11 is 1.62. The molecule has 1 aliphatic rings. The van der Waals surface area contributed by atoms with Gasteiger partial charge in [-0.05, 0) is 25.1 Å². The Balaban J connectivity index is 1.47. The molecule has 0 atom stereocenters. The number of carbonyl (C=O) groups excluding carboxylic acids is 1. The van der Waals surface area contributed by atoms with E-state index in [0.717, 1.165) is 36.9 Å². The number of nitrogens with zero attached hydrogens (tertiary/aromatic N) is 2. The molecule has 1 amide bonds. The minimum Gasteiger partial charge on any atom is -0.334 e. The zero-order valence-electron chi connectivity index (χ0n) is 13.4. The van der Waals surface area contributed by atoms with Crippen LogP contribution >= 0.6 is 11.8 Å². The second kappa shape index (κ2) is 7.51.